The normalized spacial score (nSPS) is 20.3. The van der Waals surface area contributed by atoms with Crippen molar-refractivity contribution in [1.29, 1.82) is 0 Å². The zero-order valence-corrected chi connectivity index (χ0v) is 17.9. The molecule has 25 heavy (non-hydrogen) atoms. The number of nitrogens with zero attached hydrogens (tertiary/aromatic N) is 2. The van der Waals surface area contributed by atoms with Crippen LogP contribution in [-0.4, -0.2) is 76.5 Å². The average molecular weight is 501 g/mol. The van der Waals surface area contributed by atoms with E-state index in [1.807, 2.05) is 0 Å². The fourth-order valence-corrected chi connectivity index (χ4v) is 3.65. The van der Waals surface area contributed by atoms with Gasteiger partial charge in [-0.3, -0.25) is 9.89 Å². The first-order valence-electron chi connectivity index (χ1n) is 7.55. The summed E-state index contributed by atoms with van der Waals surface area (Å²) in [6, 6.07) is -0.135. The zero-order chi connectivity index (χ0) is 18.6. The van der Waals surface area contributed by atoms with Crippen molar-refractivity contribution in [3.8, 4) is 0 Å². The highest BCUT2D eigenvalue weighted by Crippen LogP contribution is 2.19. The molecule has 7 nitrogen and oxygen atoms in total. The van der Waals surface area contributed by atoms with Crippen LogP contribution in [0.15, 0.2) is 4.99 Å². The van der Waals surface area contributed by atoms with Gasteiger partial charge in [0.15, 0.2) is 5.96 Å². The smallest absolute Gasteiger partial charge is 0.355 e. The summed E-state index contributed by atoms with van der Waals surface area (Å²) in [5.41, 5.74) is -0.733. The Morgan fingerprint density at radius 1 is 1.32 bits per heavy atom. The van der Waals surface area contributed by atoms with Gasteiger partial charge in [0, 0.05) is 38.3 Å². The van der Waals surface area contributed by atoms with Gasteiger partial charge >= 0.3 is 6.18 Å². The Balaban J connectivity index is 0.00000576. The molecule has 3 N–H and O–H groups in total. The second kappa shape index (κ2) is 9.55. The Hall–Kier alpha value is -0.340. The van der Waals surface area contributed by atoms with Crippen molar-refractivity contribution < 1.29 is 21.6 Å². The third-order valence-corrected chi connectivity index (χ3v) is 4.32. The van der Waals surface area contributed by atoms with Crippen molar-refractivity contribution in [2.75, 3.05) is 39.5 Å². The van der Waals surface area contributed by atoms with Crippen LogP contribution < -0.4 is 15.4 Å². The summed E-state index contributed by atoms with van der Waals surface area (Å²) >= 11 is 0. The number of likely N-dealkylation sites (tertiary alicyclic amines) is 1. The molecule has 1 heterocycles. The maximum Gasteiger partial charge on any atom is 0.401 e. The number of guanidine groups is 1. The number of sulfonamides is 1. The molecule has 1 atom stereocenters. The van der Waals surface area contributed by atoms with Gasteiger partial charge in [-0.15, -0.1) is 24.0 Å². The highest BCUT2D eigenvalue weighted by atomic mass is 127. The second-order valence-electron chi connectivity index (χ2n) is 6.66. The van der Waals surface area contributed by atoms with Gasteiger partial charge in [-0.1, -0.05) is 0 Å². The zero-order valence-electron chi connectivity index (χ0n) is 14.8. The van der Waals surface area contributed by atoms with E-state index in [-0.39, 0.29) is 43.1 Å². The lowest BCUT2D eigenvalue weighted by atomic mass is 10.1. The lowest BCUT2D eigenvalue weighted by molar-refractivity contribution is -0.143. The van der Waals surface area contributed by atoms with Gasteiger partial charge in [-0.2, -0.15) is 13.2 Å². The molecule has 0 amide bonds. The van der Waals surface area contributed by atoms with Crippen LogP contribution in [0.3, 0.4) is 0 Å². The quantitative estimate of drug-likeness (QED) is 0.284. The monoisotopic (exact) mass is 501 g/mol. The van der Waals surface area contributed by atoms with Crippen LogP contribution in [0.4, 0.5) is 13.2 Å². The molecule has 0 aromatic heterocycles. The molecule has 0 bridgehead atoms. The Kier molecular flexibility index (Phi) is 9.42. The van der Waals surface area contributed by atoms with Crippen LogP contribution in [0.5, 0.6) is 0 Å². The molecule has 1 rings (SSSR count). The largest absolute Gasteiger partial charge is 0.401 e. The molecule has 0 spiro atoms. The first-order valence-corrected chi connectivity index (χ1v) is 9.44. The van der Waals surface area contributed by atoms with E-state index in [4.69, 9.17) is 0 Å². The molecule has 0 radical (unpaired) electrons. The minimum Gasteiger partial charge on any atom is -0.355 e. The summed E-state index contributed by atoms with van der Waals surface area (Å²) < 4.78 is 62.3. The highest BCUT2D eigenvalue weighted by Gasteiger charge is 2.34. The van der Waals surface area contributed by atoms with Crippen molar-refractivity contribution in [3.63, 3.8) is 0 Å². The van der Waals surface area contributed by atoms with Crippen LogP contribution in [0, 0.1) is 0 Å². The number of hydrogen-bond donors (Lipinski definition) is 3. The third-order valence-electron chi connectivity index (χ3n) is 3.40. The Morgan fingerprint density at radius 3 is 2.40 bits per heavy atom. The summed E-state index contributed by atoms with van der Waals surface area (Å²) in [5.74, 6) is 0.428. The van der Waals surface area contributed by atoms with Crippen molar-refractivity contribution in [1.82, 2.24) is 20.3 Å². The summed E-state index contributed by atoms with van der Waals surface area (Å²) in [6.07, 6.45) is -2.53. The molecule has 1 fully saturated rings. The van der Waals surface area contributed by atoms with E-state index >= 15 is 0 Å². The van der Waals surface area contributed by atoms with E-state index < -0.39 is 28.3 Å². The Morgan fingerprint density at radius 2 is 1.92 bits per heavy atom. The van der Waals surface area contributed by atoms with E-state index in [1.54, 1.807) is 20.9 Å². The number of alkyl halides is 3. The standard InChI is InChI=1S/C13H26F3N5O2S.HI/c1-12(2,20-24(4,22)23)8-18-11(17-3)19-10-5-6-21(7-10)9-13(14,15)16;/h10,20H,5-9H2,1-4H3,(H2,17,18,19);1H. The van der Waals surface area contributed by atoms with Crippen molar-refractivity contribution >= 4 is 40.0 Å². The van der Waals surface area contributed by atoms with Crippen LogP contribution >= 0.6 is 24.0 Å². The fraction of sp³-hybridized carbons (Fsp3) is 0.923. The van der Waals surface area contributed by atoms with Gasteiger partial charge < -0.3 is 10.6 Å². The summed E-state index contributed by atoms with van der Waals surface area (Å²) in [6.45, 7) is 3.45. The van der Waals surface area contributed by atoms with Crippen molar-refractivity contribution in [2.24, 2.45) is 4.99 Å². The number of rotatable bonds is 6. The number of halogens is 4. The average Bonchev–Trinajstić information content (AvgIpc) is 2.76. The number of hydrogen-bond acceptors (Lipinski definition) is 4. The van der Waals surface area contributed by atoms with Crippen LogP contribution in [0.25, 0.3) is 0 Å². The van der Waals surface area contributed by atoms with E-state index in [2.05, 4.69) is 20.3 Å². The maximum atomic E-state index is 12.4. The molecule has 0 saturated carbocycles. The highest BCUT2D eigenvalue weighted by molar-refractivity contribution is 14.0. The molecule has 1 unspecified atom stereocenters. The number of nitrogens with one attached hydrogen (secondary N) is 3. The lowest BCUT2D eigenvalue weighted by Crippen LogP contribution is -2.54. The third kappa shape index (κ3) is 11.1. The summed E-state index contributed by atoms with van der Waals surface area (Å²) in [5, 5.41) is 6.06. The first-order chi connectivity index (χ1) is 10.8. The molecule has 1 aliphatic heterocycles. The molecule has 0 aromatic carbocycles. The maximum absolute atomic E-state index is 12.4. The topological polar surface area (TPSA) is 85.8 Å². The van der Waals surface area contributed by atoms with Gasteiger partial charge in [0.05, 0.1) is 12.8 Å². The summed E-state index contributed by atoms with van der Waals surface area (Å²) in [4.78, 5) is 5.37. The number of aliphatic imine (C=N–C) groups is 1. The van der Waals surface area contributed by atoms with Gasteiger partial charge in [0.25, 0.3) is 0 Å². The van der Waals surface area contributed by atoms with Gasteiger partial charge in [-0.05, 0) is 20.3 Å². The van der Waals surface area contributed by atoms with Gasteiger partial charge in [0.2, 0.25) is 10.0 Å². The van der Waals surface area contributed by atoms with Gasteiger partial charge in [0.1, 0.15) is 0 Å². The molecule has 12 heteroatoms. The van der Waals surface area contributed by atoms with E-state index in [9.17, 15) is 21.6 Å². The minimum atomic E-state index is -4.20. The van der Waals surface area contributed by atoms with E-state index in [0.717, 1.165) is 6.26 Å². The van der Waals surface area contributed by atoms with Crippen molar-refractivity contribution in [2.45, 2.75) is 38.0 Å². The molecule has 150 valence electrons. The molecule has 0 aromatic rings. The van der Waals surface area contributed by atoms with Gasteiger partial charge in [-0.25, -0.2) is 13.1 Å². The Bertz CT molecular complexity index is 554. The van der Waals surface area contributed by atoms with Crippen LogP contribution in [0.1, 0.15) is 20.3 Å². The molecule has 1 saturated heterocycles. The predicted molar refractivity (Wildman–Crippen MR) is 103 cm³/mol. The van der Waals surface area contributed by atoms with Crippen molar-refractivity contribution in [3.05, 3.63) is 0 Å². The van der Waals surface area contributed by atoms with Crippen LogP contribution in [-0.2, 0) is 10.0 Å². The van der Waals surface area contributed by atoms with E-state index in [0.29, 0.717) is 18.9 Å². The second-order valence-corrected chi connectivity index (χ2v) is 8.41. The molecule has 0 aliphatic carbocycles. The summed E-state index contributed by atoms with van der Waals surface area (Å²) in [7, 11) is -1.80. The van der Waals surface area contributed by atoms with E-state index in [1.165, 1.54) is 4.90 Å². The molecule has 1 aliphatic rings. The Labute approximate surface area is 164 Å². The first kappa shape index (κ1) is 24.7. The molecular formula is C13H27F3IN5O2S. The SMILES string of the molecule is CN=C(NCC(C)(C)NS(C)(=O)=O)NC1CCN(CC(F)(F)F)C1.I. The fourth-order valence-electron chi connectivity index (χ4n) is 2.58. The van der Waals surface area contributed by atoms with Crippen LogP contribution in [0.2, 0.25) is 0 Å². The molecular weight excluding hydrogens is 474 g/mol. The lowest BCUT2D eigenvalue weighted by Gasteiger charge is -2.27. The minimum absolute atomic E-state index is 0. The predicted octanol–water partition coefficient (Wildman–Crippen LogP) is 0.734.